The van der Waals surface area contributed by atoms with E-state index in [0.29, 0.717) is 15.8 Å². The highest BCUT2D eigenvalue weighted by molar-refractivity contribution is 7.99. The van der Waals surface area contributed by atoms with E-state index in [1.54, 1.807) is 35.7 Å². The summed E-state index contributed by atoms with van der Waals surface area (Å²) in [7, 11) is 0. The summed E-state index contributed by atoms with van der Waals surface area (Å²) >= 11 is 14.0. The van der Waals surface area contributed by atoms with E-state index in [1.165, 1.54) is 17.5 Å². The van der Waals surface area contributed by atoms with Gasteiger partial charge in [0.1, 0.15) is 6.04 Å². The van der Waals surface area contributed by atoms with Crippen molar-refractivity contribution in [2.45, 2.75) is 70.3 Å². The molecule has 4 nitrogen and oxygen atoms in total. The minimum absolute atomic E-state index is 0.0787. The maximum Gasteiger partial charge on any atom is 0.242 e. The van der Waals surface area contributed by atoms with Crippen molar-refractivity contribution in [1.82, 2.24) is 10.2 Å². The first kappa shape index (κ1) is 25.9. The summed E-state index contributed by atoms with van der Waals surface area (Å²) in [5.74, 6) is 0.847. The first-order valence-corrected chi connectivity index (χ1v) is 13.4. The van der Waals surface area contributed by atoms with Gasteiger partial charge >= 0.3 is 0 Å². The van der Waals surface area contributed by atoms with Gasteiger partial charge in [0.15, 0.2) is 0 Å². The molecule has 0 bridgehead atoms. The molecule has 1 unspecified atom stereocenters. The molecule has 1 N–H and O–H groups in total. The van der Waals surface area contributed by atoms with Crippen LogP contribution in [0, 0.1) is 6.92 Å². The molecule has 33 heavy (non-hydrogen) atoms. The van der Waals surface area contributed by atoms with Crippen LogP contribution in [0.2, 0.25) is 10.0 Å². The highest BCUT2D eigenvalue weighted by Gasteiger charge is 2.28. The lowest BCUT2D eigenvalue weighted by atomic mass is 9.95. The standard InChI is InChI=1S/C26H32Cl2N2O2S/c1-18-7-6-8-20(13-18)16-33-17-25(31)30(15-21-11-12-22(27)14-24(21)28)19(2)26(32)29-23-9-4-3-5-10-23/h6-8,11-14,19,23H,3-5,9-10,15-17H2,1-2H3,(H,29,32). The Morgan fingerprint density at radius 1 is 1.12 bits per heavy atom. The largest absolute Gasteiger partial charge is 0.352 e. The summed E-state index contributed by atoms with van der Waals surface area (Å²) in [6.45, 7) is 4.12. The average Bonchev–Trinajstić information content (AvgIpc) is 2.79. The SMILES string of the molecule is Cc1cccc(CSCC(=O)N(Cc2ccc(Cl)cc2Cl)C(C)C(=O)NC2CCCCC2)c1. The molecule has 1 saturated carbocycles. The van der Waals surface area contributed by atoms with Crippen LogP contribution >= 0.6 is 35.0 Å². The average molecular weight is 508 g/mol. The Bertz CT molecular complexity index is 963. The number of carbonyl (C=O) groups is 2. The number of benzene rings is 2. The predicted molar refractivity (Wildman–Crippen MR) is 139 cm³/mol. The van der Waals surface area contributed by atoms with Gasteiger partial charge in [0, 0.05) is 28.4 Å². The number of amides is 2. The minimum atomic E-state index is -0.592. The molecule has 0 aliphatic heterocycles. The maximum absolute atomic E-state index is 13.3. The zero-order valence-corrected chi connectivity index (χ0v) is 21.6. The minimum Gasteiger partial charge on any atom is -0.352 e. The Hall–Kier alpha value is -1.69. The third kappa shape index (κ3) is 7.94. The second-order valence-electron chi connectivity index (χ2n) is 8.76. The molecular weight excluding hydrogens is 475 g/mol. The smallest absolute Gasteiger partial charge is 0.242 e. The van der Waals surface area contributed by atoms with E-state index in [1.807, 2.05) is 12.1 Å². The number of rotatable bonds is 9. The van der Waals surface area contributed by atoms with E-state index in [-0.39, 0.29) is 24.4 Å². The predicted octanol–water partition coefficient (Wildman–Crippen LogP) is 6.40. The summed E-state index contributed by atoms with van der Waals surface area (Å²) in [4.78, 5) is 28.0. The third-order valence-corrected chi connectivity index (χ3v) is 7.63. The fraction of sp³-hybridized carbons (Fsp3) is 0.462. The maximum atomic E-state index is 13.3. The lowest BCUT2D eigenvalue weighted by molar-refractivity contribution is -0.139. The van der Waals surface area contributed by atoms with E-state index in [0.717, 1.165) is 37.0 Å². The van der Waals surface area contributed by atoms with Crippen LogP contribution in [0.5, 0.6) is 0 Å². The number of nitrogens with zero attached hydrogens (tertiary/aromatic N) is 1. The highest BCUT2D eigenvalue weighted by Crippen LogP contribution is 2.24. The number of halogens is 2. The van der Waals surface area contributed by atoms with Gasteiger partial charge in [-0.05, 0) is 49.9 Å². The second kappa shape index (κ2) is 12.7. The normalized spacial score (nSPS) is 15.2. The number of thioether (sulfide) groups is 1. The van der Waals surface area contributed by atoms with E-state index >= 15 is 0 Å². The van der Waals surface area contributed by atoms with Gasteiger partial charge in [0.2, 0.25) is 11.8 Å². The monoisotopic (exact) mass is 506 g/mol. The highest BCUT2D eigenvalue weighted by atomic mass is 35.5. The molecule has 0 radical (unpaired) electrons. The lowest BCUT2D eigenvalue weighted by Gasteiger charge is -2.31. The van der Waals surface area contributed by atoms with Gasteiger partial charge in [-0.15, -0.1) is 11.8 Å². The molecule has 178 valence electrons. The van der Waals surface area contributed by atoms with Gasteiger partial charge in [-0.1, -0.05) is 78.4 Å². The van der Waals surface area contributed by atoms with E-state index in [4.69, 9.17) is 23.2 Å². The summed E-state index contributed by atoms with van der Waals surface area (Å²) in [6, 6.07) is 13.1. The van der Waals surface area contributed by atoms with Crippen LogP contribution in [0.15, 0.2) is 42.5 Å². The molecule has 0 spiro atoms. The van der Waals surface area contributed by atoms with Gasteiger partial charge in [0.05, 0.1) is 5.75 Å². The molecule has 1 atom stereocenters. The van der Waals surface area contributed by atoms with Gasteiger partial charge in [-0.25, -0.2) is 0 Å². The number of hydrogen-bond donors (Lipinski definition) is 1. The van der Waals surface area contributed by atoms with Crippen molar-refractivity contribution >= 4 is 46.8 Å². The Kier molecular flexibility index (Phi) is 9.96. The molecule has 0 saturated heterocycles. The molecule has 0 aromatic heterocycles. The van der Waals surface area contributed by atoms with Crippen LogP contribution in [-0.2, 0) is 21.9 Å². The molecule has 0 heterocycles. The zero-order chi connectivity index (χ0) is 23.8. The Morgan fingerprint density at radius 3 is 2.58 bits per heavy atom. The van der Waals surface area contributed by atoms with Crippen LogP contribution < -0.4 is 5.32 Å². The first-order valence-electron chi connectivity index (χ1n) is 11.5. The zero-order valence-electron chi connectivity index (χ0n) is 19.3. The van der Waals surface area contributed by atoms with Gasteiger partial charge in [-0.2, -0.15) is 0 Å². The molecule has 1 aliphatic carbocycles. The topological polar surface area (TPSA) is 49.4 Å². The number of hydrogen-bond acceptors (Lipinski definition) is 3. The van der Waals surface area contributed by atoms with Crippen LogP contribution in [0.3, 0.4) is 0 Å². The van der Waals surface area contributed by atoms with Crippen molar-refractivity contribution in [2.24, 2.45) is 0 Å². The van der Waals surface area contributed by atoms with Crippen LogP contribution in [-0.4, -0.2) is 34.6 Å². The van der Waals surface area contributed by atoms with E-state index in [9.17, 15) is 9.59 Å². The Balaban J connectivity index is 1.68. The molecule has 2 aromatic rings. The van der Waals surface area contributed by atoms with E-state index in [2.05, 4.69) is 30.4 Å². The van der Waals surface area contributed by atoms with Crippen molar-refractivity contribution in [3.8, 4) is 0 Å². The van der Waals surface area contributed by atoms with Crippen molar-refractivity contribution < 1.29 is 9.59 Å². The fourth-order valence-electron chi connectivity index (χ4n) is 4.13. The molecule has 7 heteroatoms. The van der Waals surface area contributed by atoms with Gasteiger partial charge < -0.3 is 10.2 Å². The van der Waals surface area contributed by atoms with Crippen molar-refractivity contribution in [2.75, 3.05) is 5.75 Å². The molecule has 2 amide bonds. The summed E-state index contributed by atoms with van der Waals surface area (Å²) in [5, 5.41) is 4.19. The van der Waals surface area contributed by atoms with Crippen LogP contribution in [0.1, 0.15) is 55.7 Å². The van der Waals surface area contributed by atoms with Crippen molar-refractivity contribution in [3.63, 3.8) is 0 Å². The van der Waals surface area contributed by atoms with Gasteiger partial charge in [0.25, 0.3) is 0 Å². The molecule has 2 aromatic carbocycles. The van der Waals surface area contributed by atoms with Crippen LogP contribution in [0.25, 0.3) is 0 Å². The fourth-order valence-corrected chi connectivity index (χ4v) is 5.45. The molecule has 3 rings (SSSR count). The van der Waals surface area contributed by atoms with Crippen molar-refractivity contribution in [1.29, 1.82) is 0 Å². The molecule has 1 aliphatic rings. The van der Waals surface area contributed by atoms with Crippen LogP contribution in [0.4, 0.5) is 0 Å². The second-order valence-corrected chi connectivity index (χ2v) is 10.6. The number of carbonyl (C=O) groups excluding carboxylic acids is 2. The summed E-state index contributed by atoms with van der Waals surface area (Å²) in [6.07, 6.45) is 5.50. The molecule has 1 fully saturated rings. The number of nitrogens with one attached hydrogen (secondary N) is 1. The quantitative estimate of drug-likeness (QED) is 0.427. The molecular formula is C26H32Cl2N2O2S. The van der Waals surface area contributed by atoms with Crippen molar-refractivity contribution in [3.05, 3.63) is 69.2 Å². The summed E-state index contributed by atoms with van der Waals surface area (Å²) < 4.78 is 0. The Labute approximate surface area is 211 Å². The lowest BCUT2D eigenvalue weighted by Crippen LogP contribution is -2.50. The Morgan fingerprint density at radius 2 is 1.88 bits per heavy atom. The summed E-state index contributed by atoms with van der Waals surface area (Å²) in [5.41, 5.74) is 3.16. The third-order valence-electron chi connectivity index (χ3n) is 6.05. The van der Waals surface area contributed by atoms with Gasteiger partial charge in [-0.3, -0.25) is 9.59 Å². The number of aryl methyl sites for hydroxylation is 1. The first-order chi connectivity index (χ1) is 15.8. The van der Waals surface area contributed by atoms with E-state index < -0.39 is 6.04 Å².